The molecule has 3 nitrogen and oxygen atoms in total. The van der Waals surface area contributed by atoms with Gasteiger partial charge in [0.2, 0.25) is 0 Å². The molecule has 1 heterocycles. The van der Waals surface area contributed by atoms with Crippen LogP contribution in [0.3, 0.4) is 0 Å². The van der Waals surface area contributed by atoms with Crippen LogP contribution in [0.15, 0.2) is 24.3 Å². The van der Waals surface area contributed by atoms with Crippen molar-refractivity contribution in [2.45, 2.75) is 6.61 Å². The molecule has 0 spiro atoms. The summed E-state index contributed by atoms with van der Waals surface area (Å²) in [6.45, 7) is 0.355. The van der Waals surface area contributed by atoms with Gasteiger partial charge in [-0.15, -0.1) is 0 Å². The molecule has 0 fully saturated rings. The maximum absolute atomic E-state index is 6.12. The zero-order valence-corrected chi connectivity index (χ0v) is 11.7. The second-order valence-corrected chi connectivity index (χ2v) is 4.71. The predicted molar refractivity (Wildman–Crippen MR) is 73.2 cm³/mol. The molecule has 94 valence electrons. The van der Waals surface area contributed by atoms with Crippen LogP contribution in [-0.2, 0) is 11.3 Å². The van der Waals surface area contributed by atoms with Crippen LogP contribution in [0.25, 0.3) is 11.4 Å². The first-order valence-corrected chi connectivity index (χ1v) is 6.22. The van der Waals surface area contributed by atoms with Crippen LogP contribution in [0, 0.1) is 0 Å². The molecular weight excluding hydrogens is 295 g/mol. The summed E-state index contributed by atoms with van der Waals surface area (Å²) in [5, 5.41) is 1.19. The minimum Gasteiger partial charge on any atom is -0.378 e. The molecule has 0 aliphatic heterocycles. The first kappa shape index (κ1) is 13.6. The van der Waals surface area contributed by atoms with Crippen LogP contribution in [0.4, 0.5) is 0 Å². The lowest BCUT2D eigenvalue weighted by atomic mass is 10.2. The molecule has 0 N–H and O–H groups in total. The highest BCUT2D eigenvalue weighted by molar-refractivity contribution is 6.43. The summed E-state index contributed by atoms with van der Waals surface area (Å²) >= 11 is 18.0. The Morgan fingerprint density at radius 2 is 1.94 bits per heavy atom. The standard InChI is InChI=1S/C12H9Cl3N2O/c1-18-6-7-5-10(14)17-12(16-7)8-3-2-4-9(13)11(8)15/h2-5H,6H2,1H3. The van der Waals surface area contributed by atoms with Crippen LogP contribution in [0.2, 0.25) is 15.2 Å². The third-order valence-corrected chi connectivity index (χ3v) is 3.25. The van der Waals surface area contributed by atoms with Crippen molar-refractivity contribution in [1.29, 1.82) is 0 Å². The van der Waals surface area contributed by atoms with Crippen molar-refractivity contribution in [3.05, 3.63) is 45.2 Å². The van der Waals surface area contributed by atoms with Gasteiger partial charge in [0.25, 0.3) is 0 Å². The first-order valence-electron chi connectivity index (χ1n) is 5.08. The molecule has 0 unspecified atom stereocenters. The van der Waals surface area contributed by atoms with E-state index in [1.165, 1.54) is 0 Å². The Hall–Kier alpha value is -0.870. The second-order valence-electron chi connectivity index (χ2n) is 3.54. The van der Waals surface area contributed by atoms with Crippen LogP contribution < -0.4 is 0 Å². The minimum absolute atomic E-state index is 0.336. The zero-order valence-electron chi connectivity index (χ0n) is 9.45. The third-order valence-electron chi connectivity index (χ3n) is 2.23. The van der Waals surface area contributed by atoms with Crippen molar-refractivity contribution in [2.75, 3.05) is 7.11 Å². The maximum Gasteiger partial charge on any atom is 0.162 e. The largest absolute Gasteiger partial charge is 0.378 e. The summed E-state index contributed by atoms with van der Waals surface area (Å²) in [5.74, 6) is 0.432. The van der Waals surface area contributed by atoms with Gasteiger partial charge in [-0.3, -0.25) is 0 Å². The Bertz CT molecular complexity index is 575. The van der Waals surface area contributed by atoms with Gasteiger partial charge in [0.15, 0.2) is 5.82 Å². The quantitative estimate of drug-likeness (QED) is 0.795. The molecule has 0 saturated carbocycles. The van der Waals surface area contributed by atoms with E-state index >= 15 is 0 Å². The van der Waals surface area contributed by atoms with Gasteiger partial charge in [0.05, 0.1) is 22.3 Å². The molecule has 0 saturated heterocycles. The Morgan fingerprint density at radius 3 is 2.67 bits per heavy atom. The molecule has 6 heteroatoms. The Morgan fingerprint density at radius 1 is 1.17 bits per heavy atom. The number of nitrogens with zero attached hydrogens (tertiary/aromatic N) is 2. The molecule has 0 aliphatic carbocycles. The summed E-state index contributed by atoms with van der Waals surface area (Å²) in [6, 6.07) is 6.92. The van der Waals surface area contributed by atoms with Crippen molar-refractivity contribution < 1.29 is 4.74 Å². The number of rotatable bonds is 3. The number of ether oxygens (including phenoxy) is 1. The molecule has 2 aromatic rings. The fourth-order valence-corrected chi connectivity index (χ4v) is 2.07. The van der Waals surface area contributed by atoms with Crippen LogP contribution in [0.1, 0.15) is 5.69 Å². The van der Waals surface area contributed by atoms with Gasteiger partial charge < -0.3 is 4.74 Å². The summed E-state index contributed by atoms with van der Waals surface area (Å²) < 4.78 is 5.02. The predicted octanol–water partition coefficient (Wildman–Crippen LogP) is 4.25. The normalized spacial score (nSPS) is 10.7. The summed E-state index contributed by atoms with van der Waals surface area (Å²) in [5.41, 5.74) is 1.33. The van der Waals surface area contributed by atoms with E-state index in [4.69, 9.17) is 39.5 Å². The molecule has 0 atom stereocenters. The van der Waals surface area contributed by atoms with Gasteiger partial charge >= 0.3 is 0 Å². The smallest absolute Gasteiger partial charge is 0.162 e. The lowest BCUT2D eigenvalue weighted by Gasteiger charge is -2.07. The van der Waals surface area contributed by atoms with Crippen LogP contribution >= 0.6 is 34.8 Å². The van der Waals surface area contributed by atoms with Crippen molar-refractivity contribution in [3.8, 4) is 11.4 Å². The van der Waals surface area contributed by atoms with Gasteiger partial charge in [0.1, 0.15) is 5.15 Å². The van der Waals surface area contributed by atoms with Crippen molar-refractivity contribution in [3.63, 3.8) is 0 Å². The van der Waals surface area contributed by atoms with E-state index in [1.54, 1.807) is 31.4 Å². The molecule has 2 rings (SSSR count). The van der Waals surface area contributed by atoms with Crippen LogP contribution in [0.5, 0.6) is 0 Å². The highest BCUT2D eigenvalue weighted by Crippen LogP contribution is 2.32. The molecule has 18 heavy (non-hydrogen) atoms. The highest BCUT2D eigenvalue weighted by Gasteiger charge is 2.11. The van der Waals surface area contributed by atoms with E-state index < -0.39 is 0 Å². The number of benzene rings is 1. The Labute approximate surface area is 120 Å². The Balaban J connectivity index is 2.53. The number of hydrogen-bond acceptors (Lipinski definition) is 3. The first-order chi connectivity index (χ1) is 8.61. The molecular formula is C12H9Cl3N2O. The topological polar surface area (TPSA) is 35.0 Å². The Kier molecular flexibility index (Phi) is 4.40. The minimum atomic E-state index is 0.336. The van der Waals surface area contributed by atoms with Crippen molar-refractivity contribution >= 4 is 34.8 Å². The SMILES string of the molecule is COCc1cc(Cl)nc(-c2cccc(Cl)c2Cl)n1. The number of aromatic nitrogens is 2. The fraction of sp³-hybridized carbons (Fsp3) is 0.167. The molecule has 0 aliphatic rings. The van der Waals surface area contributed by atoms with Gasteiger partial charge in [-0.2, -0.15) is 0 Å². The van der Waals surface area contributed by atoms with E-state index in [-0.39, 0.29) is 0 Å². The van der Waals surface area contributed by atoms with Gasteiger partial charge in [-0.05, 0) is 18.2 Å². The van der Waals surface area contributed by atoms with Crippen molar-refractivity contribution in [2.24, 2.45) is 0 Å². The average molecular weight is 304 g/mol. The zero-order chi connectivity index (χ0) is 13.1. The molecule has 1 aromatic heterocycles. The average Bonchev–Trinajstić information content (AvgIpc) is 2.32. The maximum atomic E-state index is 6.12. The van der Waals surface area contributed by atoms with Crippen molar-refractivity contribution in [1.82, 2.24) is 9.97 Å². The third kappa shape index (κ3) is 2.93. The lowest BCUT2D eigenvalue weighted by Crippen LogP contribution is -1.98. The fourth-order valence-electron chi connectivity index (χ4n) is 1.48. The van der Waals surface area contributed by atoms with Crippen LogP contribution in [-0.4, -0.2) is 17.1 Å². The summed E-state index contributed by atoms with van der Waals surface area (Å²) in [6.07, 6.45) is 0. The molecule has 0 amide bonds. The van der Waals surface area contributed by atoms with E-state index in [0.717, 1.165) is 0 Å². The van der Waals surface area contributed by atoms with Gasteiger partial charge in [-0.1, -0.05) is 40.9 Å². The summed E-state index contributed by atoms with van der Waals surface area (Å²) in [7, 11) is 1.59. The van der Waals surface area contributed by atoms with E-state index in [1.807, 2.05) is 0 Å². The monoisotopic (exact) mass is 302 g/mol. The van der Waals surface area contributed by atoms with E-state index in [9.17, 15) is 0 Å². The number of methoxy groups -OCH3 is 1. The van der Waals surface area contributed by atoms with Gasteiger partial charge in [0, 0.05) is 12.7 Å². The number of hydrogen-bond donors (Lipinski definition) is 0. The molecule has 1 aromatic carbocycles. The lowest BCUT2D eigenvalue weighted by molar-refractivity contribution is 0.181. The highest BCUT2D eigenvalue weighted by atomic mass is 35.5. The van der Waals surface area contributed by atoms with E-state index in [0.29, 0.717) is 38.9 Å². The molecule has 0 radical (unpaired) electrons. The number of halogens is 3. The second kappa shape index (κ2) is 5.85. The summed E-state index contributed by atoms with van der Waals surface area (Å²) in [4.78, 5) is 8.48. The molecule has 0 bridgehead atoms. The van der Waals surface area contributed by atoms with Gasteiger partial charge in [-0.25, -0.2) is 9.97 Å². The van der Waals surface area contributed by atoms with E-state index in [2.05, 4.69) is 9.97 Å².